The third-order valence-corrected chi connectivity index (χ3v) is 2.11. The summed E-state index contributed by atoms with van der Waals surface area (Å²) in [6.07, 6.45) is 2.42. The van der Waals surface area contributed by atoms with Gasteiger partial charge in [0.15, 0.2) is 5.76 Å². The van der Waals surface area contributed by atoms with Crippen molar-refractivity contribution in [3.8, 4) is 0 Å². The first-order chi connectivity index (χ1) is 6.16. The van der Waals surface area contributed by atoms with Crippen molar-refractivity contribution >= 4 is 5.91 Å². The summed E-state index contributed by atoms with van der Waals surface area (Å²) >= 11 is 0. The van der Waals surface area contributed by atoms with E-state index in [0.717, 1.165) is 12.0 Å². The monoisotopic (exact) mass is 180 g/mol. The zero-order valence-corrected chi connectivity index (χ0v) is 7.41. The summed E-state index contributed by atoms with van der Waals surface area (Å²) in [5, 5.41) is 2.78. The number of nitrogens with two attached hydrogens (primary N) is 1. The molecule has 3 N–H and O–H groups in total. The molecule has 2 atom stereocenters. The first kappa shape index (κ1) is 8.31. The highest BCUT2D eigenvalue weighted by molar-refractivity contribution is 5.92. The second-order valence-corrected chi connectivity index (χ2v) is 3.47. The van der Waals surface area contributed by atoms with Gasteiger partial charge in [-0.05, 0) is 25.0 Å². The molecule has 0 saturated heterocycles. The van der Waals surface area contributed by atoms with E-state index in [4.69, 9.17) is 10.2 Å². The number of hydrogen-bond donors (Lipinski definition) is 2. The number of carbonyl (C=O) groups excluding carboxylic acids is 1. The van der Waals surface area contributed by atoms with Crippen LogP contribution in [0.1, 0.15) is 22.5 Å². The van der Waals surface area contributed by atoms with Crippen LogP contribution in [-0.4, -0.2) is 18.0 Å². The number of aryl methyl sites for hydroxylation is 1. The van der Waals surface area contributed by atoms with Crippen molar-refractivity contribution in [2.45, 2.75) is 25.4 Å². The quantitative estimate of drug-likeness (QED) is 0.693. The summed E-state index contributed by atoms with van der Waals surface area (Å²) in [5.41, 5.74) is 6.50. The van der Waals surface area contributed by atoms with E-state index >= 15 is 0 Å². The van der Waals surface area contributed by atoms with Gasteiger partial charge < -0.3 is 15.5 Å². The molecule has 4 heteroatoms. The maximum atomic E-state index is 11.4. The van der Waals surface area contributed by atoms with Crippen LogP contribution in [0, 0.1) is 6.92 Å². The molecule has 1 aromatic heterocycles. The number of furan rings is 1. The van der Waals surface area contributed by atoms with Gasteiger partial charge in [0.2, 0.25) is 0 Å². The second-order valence-electron chi connectivity index (χ2n) is 3.47. The topological polar surface area (TPSA) is 68.3 Å². The highest BCUT2D eigenvalue weighted by atomic mass is 16.3. The Morgan fingerprint density at radius 2 is 2.46 bits per heavy atom. The van der Waals surface area contributed by atoms with Gasteiger partial charge in [-0.2, -0.15) is 0 Å². The second kappa shape index (κ2) is 2.88. The lowest BCUT2D eigenvalue weighted by Crippen LogP contribution is -2.29. The number of amides is 1. The van der Waals surface area contributed by atoms with E-state index in [9.17, 15) is 4.79 Å². The summed E-state index contributed by atoms with van der Waals surface area (Å²) in [6.45, 7) is 1.88. The molecule has 13 heavy (non-hydrogen) atoms. The summed E-state index contributed by atoms with van der Waals surface area (Å²) < 4.78 is 5.04. The molecule has 0 spiro atoms. The average Bonchev–Trinajstić information content (AvgIpc) is 2.62. The molecule has 4 nitrogen and oxygen atoms in total. The molecule has 1 aromatic rings. The van der Waals surface area contributed by atoms with Gasteiger partial charge in [-0.1, -0.05) is 0 Å². The van der Waals surface area contributed by atoms with Crippen LogP contribution in [0.4, 0.5) is 0 Å². The number of carbonyl (C=O) groups is 1. The number of nitrogens with one attached hydrogen (secondary N) is 1. The van der Waals surface area contributed by atoms with Crippen LogP contribution in [-0.2, 0) is 0 Å². The van der Waals surface area contributed by atoms with E-state index in [1.807, 2.05) is 6.92 Å². The molecule has 1 heterocycles. The average molecular weight is 180 g/mol. The van der Waals surface area contributed by atoms with Crippen molar-refractivity contribution in [1.82, 2.24) is 5.32 Å². The number of hydrogen-bond acceptors (Lipinski definition) is 3. The fraction of sp³-hybridized carbons (Fsp3) is 0.444. The molecule has 1 amide bonds. The summed E-state index contributed by atoms with van der Waals surface area (Å²) in [4.78, 5) is 11.4. The molecule has 1 fully saturated rings. The molecule has 0 bridgehead atoms. The highest BCUT2D eigenvalue weighted by Crippen LogP contribution is 2.18. The minimum atomic E-state index is -0.175. The van der Waals surface area contributed by atoms with Crippen molar-refractivity contribution in [2.75, 3.05) is 0 Å². The maximum Gasteiger partial charge on any atom is 0.287 e. The van der Waals surface area contributed by atoms with Crippen LogP contribution in [0.15, 0.2) is 16.7 Å². The lowest BCUT2D eigenvalue weighted by atomic mass is 10.3. The van der Waals surface area contributed by atoms with Gasteiger partial charge in [0.05, 0.1) is 6.26 Å². The Morgan fingerprint density at radius 3 is 2.92 bits per heavy atom. The Bertz CT molecular complexity index is 332. The van der Waals surface area contributed by atoms with Gasteiger partial charge >= 0.3 is 0 Å². The molecule has 0 aromatic carbocycles. The molecular formula is C9H12N2O2. The van der Waals surface area contributed by atoms with Crippen LogP contribution in [0.5, 0.6) is 0 Å². The lowest BCUT2D eigenvalue weighted by Gasteiger charge is -1.98. The Morgan fingerprint density at radius 1 is 1.77 bits per heavy atom. The molecular weight excluding hydrogens is 168 g/mol. The minimum absolute atomic E-state index is 0.125. The predicted octanol–water partition coefficient (Wildman–Crippen LogP) is 0.417. The molecule has 70 valence electrons. The van der Waals surface area contributed by atoms with Gasteiger partial charge in [-0.25, -0.2) is 0 Å². The van der Waals surface area contributed by atoms with Crippen molar-refractivity contribution in [3.63, 3.8) is 0 Å². The van der Waals surface area contributed by atoms with Crippen molar-refractivity contribution in [1.29, 1.82) is 0 Å². The summed E-state index contributed by atoms with van der Waals surface area (Å²) in [7, 11) is 0. The standard InChI is InChI=1S/C9H12N2O2/c1-5-2-8(13-4-5)9(12)11-7-3-6(7)10/h2,4,6-7H,3,10H2,1H3,(H,11,12). The first-order valence-electron chi connectivity index (χ1n) is 4.28. The van der Waals surface area contributed by atoms with Gasteiger partial charge in [-0.3, -0.25) is 4.79 Å². The fourth-order valence-electron chi connectivity index (χ4n) is 1.17. The van der Waals surface area contributed by atoms with Crippen LogP contribution in [0.2, 0.25) is 0 Å². The molecule has 1 saturated carbocycles. The van der Waals surface area contributed by atoms with E-state index in [0.29, 0.717) is 5.76 Å². The third kappa shape index (κ3) is 1.72. The SMILES string of the molecule is Cc1coc(C(=O)NC2CC2N)c1. The van der Waals surface area contributed by atoms with Gasteiger partial charge in [0.1, 0.15) is 0 Å². The van der Waals surface area contributed by atoms with Crippen molar-refractivity contribution < 1.29 is 9.21 Å². The summed E-state index contributed by atoms with van der Waals surface area (Å²) in [6, 6.07) is 1.97. The Labute approximate surface area is 76.1 Å². The Hall–Kier alpha value is -1.29. The van der Waals surface area contributed by atoms with Crippen LogP contribution in [0.3, 0.4) is 0 Å². The van der Waals surface area contributed by atoms with Crippen molar-refractivity contribution in [3.05, 3.63) is 23.7 Å². The highest BCUT2D eigenvalue weighted by Gasteiger charge is 2.35. The van der Waals surface area contributed by atoms with Gasteiger partial charge in [0, 0.05) is 12.1 Å². The zero-order chi connectivity index (χ0) is 9.42. The van der Waals surface area contributed by atoms with Gasteiger partial charge in [0.25, 0.3) is 5.91 Å². The molecule has 2 rings (SSSR count). The zero-order valence-electron chi connectivity index (χ0n) is 7.41. The smallest absolute Gasteiger partial charge is 0.287 e. The van der Waals surface area contributed by atoms with E-state index in [-0.39, 0.29) is 18.0 Å². The van der Waals surface area contributed by atoms with Crippen LogP contribution < -0.4 is 11.1 Å². The molecule has 0 aliphatic heterocycles. The normalized spacial score (nSPS) is 25.7. The lowest BCUT2D eigenvalue weighted by molar-refractivity contribution is 0.0922. The Kier molecular flexibility index (Phi) is 1.84. The first-order valence-corrected chi connectivity index (χ1v) is 4.28. The van der Waals surface area contributed by atoms with E-state index in [1.54, 1.807) is 12.3 Å². The van der Waals surface area contributed by atoms with E-state index in [1.165, 1.54) is 0 Å². The van der Waals surface area contributed by atoms with E-state index < -0.39 is 0 Å². The van der Waals surface area contributed by atoms with Crippen LogP contribution >= 0.6 is 0 Å². The van der Waals surface area contributed by atoms with Gasteiger partial charge in [-0.15, -0.1) is 0 Å². The molecule has 1 aliphatic carbocycles. The van der Waals surface area contributed by atoms with Crippen molar-refractivity contribution in [2.24, 2.45) is 5.73 Å². The molecule has 0 radical (unpaired) electrons. The molecule has 2 unspecified atom stereocenters. The predicted molar refractivity (Wildman–Crippen MR) is 47.3 cm³/mol. The number of rotatable bonds is 2. The Balaban J connectivity index is 1.97. The maximum absolute atomic E-state index is 11.4. The molecule has 1 aliphatic rings. The fourth-order valence-corrected chi connectivity index (χ4v) is 1.17. The van der Waals surface area contributed by atoms with Crippen LogP contribution in [0.25, 0.3) is 0 Å². The minimum Gasteiger partial charge on any atom is -0.459 e. The largest absolute Gasteiger partial charge is 0.459 e. The van der Waals surface area contributed by atoms with E-state index in [2.05, 4.69) is 5.32 Å². The third-order valence-electron chi connectivity index (χ3n) is 2.11. The summed E-state index contributed by atoms with van der Waals surface area (Å²) in [5.74, 6) is 0.183.